The first kappa shape index (κ1) is 14.1. The number of hydrogen-bond acceptors (Lipinski definition) is 2. The van der Waals surface area contributed by atoms with Crippen molar-refractivity contribution in [3.05, 3.63) is 35.5 Å². The molecule has 0 saturated carbocycles. The predicted octanol–water partition coefficient (Wildman–Crippen LogP) is 2.32. The highest BCUT2D eigenvalue weighted by Crippen LogP contribution is 2.24. The minimum Gasteiger partial charge on any atom is -0.368 e. The van der Waals surface area contributed by atoms with Gasteiger partial charge in [-0.1, -0.05) is 18.2 Å². The maximum Gasteiger partial charge on any atom is 0.249 e. The van der Waals surface area contributed by atoms with Gasteiger partial charge in [0.25, 0.3) is 0 Å². The average molecular weight is 286 g/mol. The Hall–Kier alpha value is -1.81. The van der Waals surface area contributed by atoms with E-state index in [1.165, 1.54) is 22.2 Å². The molecule has 1 aromatic heterocycles. The molecule has 1 aliphatic rings. The van der Waals surface area contributed by atoms with Crippen molar-refractivity contribution >= 4 is 16.8 Å². The standard InChI is InChI=1S/C17H22N2O2/c1-12-13(14-6-3-4-7-15(14)19(12)2)9-10-18-17(20)16-8-5-11-21-16/h3-4,6-7,16H,5,8-11H2,1-2H3,(H,18,20). The highest BCUT2D eigenvalue weighted by atomic mass is 16.5. The summed E-state index contributed by atoms with van der Waals surface area (Å²) in [5, 5.41) is 4.28. The van der Waals surface area contributed by atoms with Crippen molar-refractivity contribution in [2.75, 3.05) is 13.2 Å². The fourth-order valence-electron chi connectivity index (χ4n) is 3.12. The Labute approximate surface area is 125 Å². The Balaban J connectivity index is 1.68. The molecule has 1 aromatic carbocycles. The van der Waals surface area contributed by atoms with Crippen molar-refractivity contribution in [2.45, 2.75) is 32.3 Å². The molecule has 1 saturated heterocycles. The Morgan fingerprint density at radius 2 is 2.24 bits per heavy atom. The summed E-state index contributed by atoms with van der Waals surface area (Å²) in [6.45, 7) is 3.51. The summed E-state index contributed by atoms with van der Waals surface area (Å²) in [6.07, 6.45) is 2.45. The Morgan fingerprint density at radius 3 is 3.00 bits per heavy atom. The SMILES string of the molecule is Cc1c(CCNC(=O)C2CCCO2)c2ccccc2n1C. The molecule has 4 nitrogen and oxygen atoms in total. The van der Waals surface area contributed by atoms with Gasteiger partial charge in [0.05, 0.1) is 0 Å². The smallest absolute Gasteiger partial charge is 0.249 e. The zero-order valence-corrected chi connectivity index (χ0v) is 12.7. The number of aryl methyl sites for hydroxylation is 1. The number of nitrogens with one attached hydrogen (secondary N) is 1. The Morgan fingerprint density at radius 1 is 1.43 bits per heavy atom. The summed E-state index contributed by atoms with van der Waals surface area (Å²) >= 11 is 0. The second-order valence-corrected chi connectivity index (χ2v) is 5.68. The molecule has 1 amide bonds. The normalized spacial score (nSPS) is 18.3. The molecule has 1 atom stereocenters. The van der Waals surface area contributed by atoms with Crippen molar-refractivity contribution in [2.24, 2.45) is 7.05 Å². The van der Waals surface area contributed by atoms with Gasteiger partial charge in [-0.3, -0.25) is 4.79 Å². The van der Waals surface area contributed by atoms with Gasteiger partial charge in [-0.25, -0.2) is 0 Å². The summed E-state index contributed by atoms with van der Waals surface area (Å²) in [7, 11) is 2.09. The third-order valence-corrected chi connectivity index (χ3v) is 4.43. The molecule has 2 heterocycles. The zero-order chi connectivity index (χ0) is 14.8. The second-order valence-electron chi connectivity index (χ2n) is 5.68. The van der Waals surface area contributed by atoms with Crippen LogP contribution in [0.3, 0.4) is 0 Å². The third-order valence-electron chi connectivity index (χ3n) is 4.43. The van der Waals surface area contributed by atoms with E-state index < -0.39 is 0 Å². The number of benzene rings is 1. The van der Waals surface area contributed by atoms with E-state index in [2.05, 4.69) is 48.1 Å². The minimum absolute atomic E-state index is 0.0328. The fraction of sp³-hybridized carbons (Fsp3) is 0.471. The van der Waals surface area contributed by atoms with Crippen LogP contribution in [0.5, 0.6) is 0 Å². The van der Waals surface area contributed by atoms with E-state index in [0.29, 0.717) is 13.2 Å². The molecule has 3 rings (SSSR count). The van der Waals surface area contributed by atoms with Crippen LogP contribution >= 0.6 is 0 Å². The fourth-order valence-corrected chi connectivity index (χ4v) is 3.12. The van der Waals surface area contributed by atoms with Crippen LogP contribution in [0, 0.1) is 6.92 Å². The summed E-state index contributed by atoms with van der Waals surface area (Å²) in [5.41, 5.74) is 3.83. The highest BCUT2D eigenvalue weighted by Gasteiger charge is 2.23. The van der Waals surface area contributed by atoms with E-state index in [4.69, 9.17) is 4.74 Å². The zero-order valence-electron chi connectivity index (χ0n) is 12.7. The first-order valence-corrected chi connectivity index (χ1v) is 7.60. The van der Waals surface area contributed by atoms with Gasteiger partial charge in [0.2, 0.25) is 5.91 Å². The topological polar surface area (TPSA) is 43.3 Å². The van der Waals surface area contributed by atoms with Gasteiger partial charge in [-0.15, -0.1) is 0 Å². The molecule has 0 aliphatic carbocycles. The number of amides is 1. The monoisotopic (exact) mass is 286 g/mol. The van der Waals surface area contributed by atoms with Gasteiger partial charge in [0.15, 0.2) is 0 Å². The quantitative estimate of drug-likeness (QED) is 0.937. The first-order chi connectivity index (χ1) is 10.2. The molecule has 1 aliphatic heterocycles. The van der Waals surface area contributed by atoms with E-state index in [1.807, 2.05) is 0 Å². The molecule has 1 unspecified atom stereocenters. The van der Waals surface area contributed by atoms with Gasteiger partial charge >= 0.3 is 0 Å². The molecular weight excluding hydrogens is 264 g/mol. The van der Waals surface area contributed by atoms with Crippen LogP contribution < -0.4 is 5.32 Å². The van der Waals surface area contributed by atoms with Crippen LogP contribution in [0.2, 0.25) is 0 Å². The lowest BCUT2D eigenvalue weighted by atomic mass is 10.1. The van der Waals surface area contributed by atoms with Gasteiger partial charge in [0, 0.05) is 36.8 Å². The van der Waals surface area contributed by atoms with Crippen LogP contribution in [0.4, 0.5) is 0 Å². The van der Waals surface area contributed by atoms with E-state index >= 15 is 0 Å². The van der Waals surface area contributed by atoms with E-state index in [-0.39, 0.29) is 12.0 Å². The Bertz CT molecular complexity index is 654. The van der Waals surface area contributed by atoms with Crippen molar-refractivity contribution in [1.29, 1.82) is 0 Å². The summed E-state index contributed by atoms with van der Waals surface area (Å²) in [4.78, 5) is 11.9. The van der Waals surface area contributed by atoms with Gasteiger partial charge in [-0.05, 0) is 37.8 Å². The van der Waals surface area contributed by atoms with Crippen molar-refractivity contribution in [3.63, 3.8) is 0 Å². The lowest BCUT2D eigenvalue weighted by Crippen LogP contribution is -2.35. The second kappa shape index (κ2) is 5.90. The van der Waals surface area contributed by atoms with Gasteiger partial charge < -0.3 is 14.6 Å². The first-order valence-electron chi connectivity index (χ1n) is 7.60. The molecule has 0 bridgehead atoms. The lowest BCUT2D eigenvalue weighted by molar-refractivity contribution is -0.129. The van der Waals surface area contributed by atoms with Crippen molar-refractivity contribution in [3.8, 4) is 0 Å². The number of carbonyl (C=O) groups is 1. The number of para-hydroxylation sites is 1. The van der Waals surface area contributed by atoms with E-state index in [0.717, 1.165) is 19.3 Å². The molecule has 1 fully saturated rings. The van der Waals surface area contributed by atoms with Crippen LogP contribution in [0.15, 0.2) is 24.3 Å². The lowest BCUT2D eigenvalue weighted by Gasteiger charge is -2.10. The minimum atomic E-state index is -0.237. The number of carbonyl (C=O) groups excluding carboxylic acids is 1. The predicted molar refractivity (Wildman–Crippen MR) is 83.3 cm³/mol. The summed E-state index contributed by atoms with van der Waals surface area (Å²) < 4.78 is 7.61. The van der Waals surface area contributed by atoms with Crippen LogP contribution in [-0.2, 0) is 23.0 Å². The summed E-state index contributed by atoms with van der Waals surface area (Å²) in [5.74, 6) is 0.0328. The number of nitrogens with zero attached hydrogens (tertiary/aromatic N) is 1. The summed E-state index contributed by atoms with van der Waals surface area (Å²) in [6, 6.07) is 8.41. The molecule has 21 heavy (non-hydrogen) atoms. The molecule has 2 aromatic rings. The van der Waals surface area contributed by atoms with Crippen LogP contribution in [-0.4, -0.2) is 29.7 Å². The number of fused-ring (bicyclic) bond motifs is 1. The molecule has 0 radical (unpaired) electrons. The van der Waals surface area contributed by atoms with Crippen molar-refractivity contribution in [1.82, 2.24) is 9.88 Å². The largest absolute Gasteiger partial charge is 0.368 e. The number of ether oxygens (including phenoxy) is 1. The molecule has 1 N–H and O–H groups in total. The number of aromatic nitrogens is 1. The third kappa shape index (κ3) is 2.68. The van der Waals surface area contributed by atoms with E-state index in [1.54, 1.807) is 0 Å². The highest BCUT2D eigenvalue weighted by molar-refractivity contribution is 5.85. The maximum absolute atomic E-state index is 11.9. The maximum atomic E-state index is 11.9. The van der Waals surface area contributed by atoms with E-state index in [9.17, 15) is 4.79 Å². The van der Waals surface area contributed by atoms with Gasteiger partial charge in [-0.2, -0.15) is 0 Å². The molecule has 0 spiro atoms. The average Bonchev–Trinajstić information content (AvgIpc) is 3.11. The van der Waals surface area contributed by atoms with Gasteiger partial charge in [0.1, 0.15) is 6.10 Å². The van der Waals surface area contributed by atoms with Crippen LogP contribution in [0.1, 0.15) is 24.1 Å². The number of rotatable bonds is 4. The van der Waals surface area contributed by atoms with Crippen LogP contribution in [0.25, 0.3) is 10.9 Å². The molecule has 112 valence electrons. The molecule has 4 heteroatoms. The van der Waals surface area contributed by atoms with Crippen molar-refractivity contribution < 1.29 is 9.53 Å². The molecular formula is C17H22N2O2. The Kier molecular flexibility index (Phi) is 3.97. The number of hydrogen-bond donors (Lipinski definition) is 1.